The first-order valence-electron chi connectivity index (χ1n) is 41.2. The normalized spacial score (nSPS) is 18.1. The second-order valence-corrected chi connectivity index (χ2v) is 30.8. The molecule has 0 bridgehead atoms. The molecule has 600 valence electrons. The number of nitrogens with one attached hydrogen (secondary N) is 2. The number of carbonyl (C=O) groups excluding carboxylic acids is 7. The van der Waals surface area contributed by atoms with Crippen LogP contribution in [-0.4, -0.2) is 98.7 Å². The zero-order valence-electron chi connectivity index (χ0n) is 66.1. The summed E-state index contributed by atoms with van der Waals surface area (Å²) in [6.45, 7) is 2.98. The van der Waals surface area contributed by atoms with Gasteiger partial charge in [0, 0.05) is 30.4 Å². The molecule has 20 rings (SSSR count). The van der Waals surface area contributed by atoms with Crippen molar-refractivity contribution in [3.05, 3.63) is 301 Å². The van der Waals surface area contributed by atoms with Gasteiger partial charge >= 0.3 is 29.8 Å². The Labute approximate surface area is 688 Å². The van der Waals surface area contributed by atoms with E-state index in [0.717, 1.165) is 118 Å². The van der Waals surface area contributed by atoms with Crippen molar-refractivity contribution in [2.45, 2.75) is 134 Å². The summed E-state index contributed by atoms with van der Waals surface area (Å²) in [7, 11) is 0. The lowest BCUT2D eigenvalue weighted by molar-refractivity contribution is -0.179. The number of hydrogen-bond acceptors (Lipinski definition) is 15. The first kappa shape index (κ1) is 79.9. The largest absolute Gasteiger partial charge is 0.464 e. The van der Waals surface area contributed by atoms with E-state index in [1.54, 1.807) is 12.1 Å². The SMILES string of the molecule is O=C(NC1CCCCOC1=O)c1cccc2cc3ccccc3cc12.O=C(NC1COC1=O)c1cccc2cc3ccccc3cc12.O=C1CCCC(OCc2cccc3cc4ccccc4cc23)CO1.O=C1CCCCC(OCc2cccc3cc4ccccc4cc23)O1.O=C1OCCCCC1OCc1cccc2cc3ccccc3cc12. The third-order valence-corrected chi connectivity index (χ3v) is 22.6. The van der Waals surface area contributed by atoms with Gasteiger partial charge in [0.2, 0.25) is 6.29 Å². The molecule has 119 heavy (non-hydrogen) atoms. The molecule has 5 unspecified atom stereocenters. The zero-order valence-corrected chi connectivity index (χ0v) is 66.1. The van der Waals surface area contributed by atoms with Crippen molar-refractivity contribution in [2.75, 3.05) is 26.4 Å². The molecule has 0 aromatic heterocycles. The number of ether oxygens (including phenoxy) is 8. The minimum absolute atomic E-state index is 0.00726. The summed E-state index contributed by atoms with van der Waals surface area (Å²) in [5, 5.41) is 28.4. The summed E-state index contributed by atoms with van der Waals surface area (Å²) < 4.78 is 43.4. The van der Waals surface area contributed by atoms with Gasteiger partial charge in [-0.15, -0.1) is 0 Å². The maximum absolute atomic E-state index is 12.8. The molecule has 15 aromatic carbocycles. The lowest BCUT2D eigenvalue weighted by Crippen LogP contribution is -2.52. The highest BCUT2D eigenvalue weighted by molar-refractivity contribution is 6.13. The minimum Gasteiger partial charge on any atom is -0.464 e. The fourth-order valence-corrected chi connectivity index (χ4v) is 16.0. The molecule has 5 fully saturated rings. The highest BCUT2D eigenvalue weighted by Crippen LogP contribution is 2.34. The maximum Gasteiger partial charge on any atom is 0.335 e. The number of benzene rings is 15. The molecular formula is C102H92N2O15. The predicted octanol–water partition coefficient (Wildman–Crippen LogP) is 20.6. The average Bonchev–Trinajstić information content (AvgIpc) is 1.19. The van der Waals surface area contributed by atoms with Crippen molar-refractivity contribution >= 4 is 149 Å². The van der Waals surface area contributed by atoms with Gasteiger partial charge in [0.15, 0.2) is 12.1 Å². The number of rotatable bonds is 13. The molecule has 17 heteroatoms. The van der Waals surface area contributed by atoms with E-state index in [2.05, 4.69) is 191 Å². The van der Waals surface area contributed by atoms with E-state index in [-0.39, 0.29) is 54.4 Å². The quantitative estimate of drug-likeness (QED) is 0.0623. The van der Waals surface area contributed by atoms with E-state index < -0.39 is 24.5 Å². The summed E-state index contributed by atoms with van der Waals surface area (Å²) in [6.07, 6.45) is 9.45. The van der Waals surface area contributed by atoms with Gasteiger partial charge in [-0.2, -0.15) is 0 Å². The van der Waals surface area contributed by atoms with E-state index in [1.165, 1.54) is 70.2 Å². The zero-order chi connectivity index (χ0) is 81.4. The first-order valence-corrected chi connectivity index (χ1v) is 41.2. The summed E-state index contributed by atoms with van der Waals surface area (Å²) in [6, 6.07) is 91.7. The molecule has 0 radical (unpaired) electrons. The Morgan fingerprint density at radius 2 is 0.672 bits per heavy atom. The lowest BCUT2D eigenvalue weighted by atomic mass is 9.99. The third-order valence-electron chi connectivity index (χ3n) is 22.6. The van der Waals surface area contributed by atoms with E-state index in [9.17, 15) is 33.6 Å². The molecule has 5 atom stereocenters. The van der Waals surface area contributed by atoms with Gasteiger partial charge < -0.3 is 48.5 Å². The van der Waals surface area contributed by atoms with Crippen LogP contribution in [0.15, 0.2) is 273 Å². The molecular weight excluding hydrogens is 1490 g/mol. The Hall–Kier alpha value is -12.9. The Bertz CT molecular complexity index is 6300. The average molecular weight is 1590 g/mol. The number of cyclic esters (lactones) is 5. The molecule has 5 aliphatic heterocycles. The fraction of sp³-hybridized carbons (Fsp3) is 0.245. The van der Waals surface area contributed by atoms with Gasteiger partial charge in [-0.25, -0.2) is 14.4 Å². The highest BCUT2D eigenvalue weighted by atomic mass is 16.7. The van der Waals surface area contributed by atoms with Crippen molar-refractivity contribution in [1.29, 1.82) is 0 Å². The topological polar surface area (TPSA) is 217 Å². The summed E-state index contributed by atoms with van der Waals surface area (Å²) in [5.74, 6) is -1.68. The van der Waals surface area contributed by atoms with Gasteiger partial charge in [-0.3, -0.25) is 19.2 Å². The lowest BCUT2D eigenvalue weighted by Gasteiger charge is -2.25. The van der Waals surface area contributed by atoms with Crippen LogP contribution < -0.4 is 10.6 Å². The van der Waals surface area contributed by atoms with Crippen LogP contribution in [0.4, 0.5) is 0 Å². The maximum atomic E-state index is 12.8. The number of amides is 2. The standard InChI is InChI=1S/C21H19NO3.3C21H20O3.C18H13NO3/c23-20(22-19-10-3-4-11-25-21(19)24)17-9-5-8-16-12-14-6-1-2-7-15(14)13-18(16)17;22-21-10-4-9-19(14-24-21)23-13-18-8-3-7-17-11-15-5-1-2-6-16(15)12-20(17)18;22-21-20(10-3-4-11-23-21)24-14-18-9-5-8-17-12-15-6-1-2-7-16(15)13-19(17)18;22-20-10-3-4-11-21(24-20)23-14-18-9-5-8-17-12-15-6-1-2-7-16(15)13-19(17)18;20-17(19-16-10-22-18(16)21)14-7-3-6-13-8-11-4-1-2-5-12(11)9-15(13)14/h1-2,5-9,12-13,19H,3-4,10-11H2,(H,22,23);1-3,5-8,11-12,19H,4,9-10,13-14H2;1-2,5-9,12-13,20H,3-4,10-11,14H2;1-2,5-9,12-13,21H,3-4,10-11,14H2;1-9,16H,10H2,(H,19,20). The van der Waals surface area contributed by atoms with E-state index in [4.69, 9.17) is 33.2 Å². The van der Waals surface area contributed by atoms with Crippen LogP contribution in [0.3, 0.4) is 0 Å². The number of esters is 5. The Balaban J connectivity index is 0.000000111. The molecule has 5 aliphatic rings. The Morgan fingerprint density at radius 1 is 0.303 bits per heavy atom. The van der Waals surface area contributed by atoms with Crippen molar-refractivity contribution in [3.8, 4) is 0 Å². The second-order valence-electron chi connectivity index (χ2n) is 30.8. The third kappa shape index (κ3) is 19.7. The van der Waals surface area contributed by atoms with Crippen LogP contribution in [0.1, 0.15) is 121 Å². The van der Waals surface area contributed by atoms with Crippen molar-refractivity contribution in [2.24, 2.45) is 0 Å². The number of carbonyl (C=O) groups is 7. The van der Waals surface area contributed by atoms with E-state index in [1.807, 2.05) is 84.9 Å². The van der Waals surface area contributed by atoms with Crippen LogP contribution >= 0.6 is 0 Å². The fourth-order valence-electron chi connectivity index (χ4n) is 16.0. The highest BCUT2D eigenvalue weighted by Gasteiger charge is 2.33. The summed E-state index contributed by atoms with van der Waals surface area (Å²) in [4.78, 5) is 83.2. The molecule has 0 saturated carbocycles. The van der Waals surface area contributed by atoms with Gasteiger partial charge in [0.25, 0.3) is 11.8 Å². The molecule has 5 saturated heterocycles. The van der Waals surface area contributed by atoms with Crippen LogP contribution in [-0.2, 0) is 81.7 Å². The Kier molecular flexibility index (Phi) is 25.5. The van der Waals surface area contributed by atoms with Crippen LogP contribution in [0.2, 0.25) is 0 Å². The molecule has 2 amide bonds. The minimum atomic E-state index is -0.564. The van der Waals surface area contributed by atoms with Crippen LogP contribution in [0.25, 0.3) is 108 Å². The van der Waals surface area contributed by atoms with Crippen molar-refractivity contribution < 1.29 is 71.5 Å². The van der Waals surface area contributed by atoms with Crippen LogP contribution in [0, 0.1) is 0 Å². The van der Waals surface area contributed by atoms with Gasteiger partial charge in [-0.1, -0.05) is 200 Å². The van der Waals surface area contributed by atoms with Crippen molar-refractivity contribution in [1.82, 2.24) is 10.6 Å². The molecule has 0 spiro atoms. The molecule has 5 heterocycles. The van der Waals surface area contributed by atoms with Gasteiger partial charge in [-0.05, 0) is 261 Å². The molecule has 2 N–H and O–H groups in total. The molecule has 0 aliphatic carbocycles. The van der Waals surface area contributed by atoms with Crippen molar-refractivity contribution in [3.63, 3.8) is 0 Å². The first-order chi connectivity index (χ1) is 58.3. The smallest absolute Gasteiger partial charge is 0.335 e. The predicted molar refractivity (Wildman–Crippen MR) is 465 cm³/mol. The molecule has 15 aromatic rings. The van der Waals surface area contributed by atoms with Gasteiger partial charge in [0.1, 0.15) is 19.3 Å². The number of fused-ring (bicyclic) bond motifs is 10. The van der Waals surface area contributed by atoms with E-state index in [0.29, 0.717) is 70.0 Å². The monoisotopic (exact) mass is 1580 g/mol. The summed E-state index contributed by atoms with van der Waals surface area (Å²) in [5.41, 5.74) is 4.56. The molecule has 17 nitrogen and oxygen atoms in total. The van der Waals surface area contributed by atoms with Gasteiger partial charge in [0.05, 0.1) is 39.1 Å². The number of hydrogen-bond donors (Lipinski definition) is 2. The van der Waals surface area contributed by atoms with Crippen LogP contribution in [0.5, 0.6) is 0 Å². The van der Waals surface area contributed by atoms with E-state index >= 15 is 0 Å². The summed E-state index contributed by atoms with van der Waals surface area (Å²) >= 11 is 0. The second kappa shape index (κ2) is 38.0. The Morgan fingerprint density at radius 3 is 1.13 bits per heavy atom.